The second-order valence-electron chi connectivity index (χ2n) is 15.0. The molecule has 4 N–H and O–H groups in total. The quantitative estimate of drug-likeness (QED) is 0.0359. The van der Waals surface area contributed by atoms with Crippen LogP contribution in [-0.2, 0) is 28.8 Å². The molecule has 272 valence electrons. The van der Waals surface area contributed by atoms with Gasteiger partial charge in [0.15, 0.2) is 11.9 Å². The lowest BCUT2D eigenvalue weighted by atomic mass is 9.68. The maximum Gasteiger partial charge on any atom is 0.246 e. The summed E-state index contributed by atoms with van der Waals surface area (Å²) in [5, 5.41) is 17.4. The lowest BCUT2D eigenvalue weighted by Gasteiger charge is -2.35. The molecule has 0 heterocycles. The summed E-state index contributed by atoms with van der Waals surface area (Å²) in [4.78, 5) is 77.9. The molecule has 0 fully saturated rings. The second-order valence-corrected chi connectivity index (χ2v) is 15.0. The van der Waals surface area contributed by atoms with Gasteiger partial charge in [0.05, 0.1) is 16.9 Å². The standard InChI is InChI=1S/C38H64N4O6/c1-14-16-37(22-44,20-25(5)6)34(39)33(26(7)8)31(46)18-28(11)30(17-24(3)4)35(48)42-36(12,21-43)41-32(47)19-29(15-2)38(23-45,40-13)27(9)10/h14,16,19,21-28,30,33,39-40H,15,17-18,20H2,1-13H3,(H,41,47)(H,42,48). The number of nitrogens with one attached hydrogen (secondary N) is 4. The molecular weight excluding hydrogens is 608 g/mol. The predicted molar refractivity (Wildman–Crippen MR) is 192 cm³/mol. The van der Waals surface area contributed by atoms with Crippen molar-refractivity contribution >= 4 is 42.2 Å². The van der Waals surface area contributed by atoms with E-state index in [1.54, 1.807) is 33.0 Å². The van der Waals surface area contributed by atoms with Crippen LogP contribution in [0.4, 0.5) is 0 Å². The van der Waals surface area contributed by atoms with Gasteiger partial charge >= 0.3 is 0 Å². The summed E-state index contributed by atoms with van der Waals surface area (Å²) in [6.45, 7) is 22.1. The average Bonchev–Trinajstić information content (AvgIpc) is 2.98. The Labute approximate surface area is 289 Å². The first-order valence-electron chi connectivity index (χ1n) is 17.4. The minimum atomic E-state index is -1.76. The van der Waals surface area contributed by atoms with Crippen molar-refractivity contribution in [3.8, 4) is 0 Å². The summed E-state index contributed by atoms with van der Waals surface area (Å²) in [7, 11) is 1.64. The molecule has 0 rings (SSSR count). The van der Waals surface area contributed by atoms with E-state index >= 15 is 0 Å². The lowest BCUT2D eigenvalue weighted by molar-refractivity contribution is -0.134. The van der Waals surface area contributed by atoms with Crippen LogP contribution in [-0.4, -0.2) is 60.4 Å². The summed E-state index contributed by atoms with van der Waals surface area (Å²) in [5.74, 6) is -3.59. The van der Waals surface area contributed by atoms with Gasteiger partial charge in [-0.05, 0) is 75.3 Å². The van der Waals surface area contributed by atoms with Crippen LogP contribution in [0.15, 0.2) is 23.8 Å². The predicted octanol–water partition coefficient (Wildman–Crippen LogP) is 5.64. The largest absolute Gasteiger partial charge is 0.327 e. The molecule has 0 aliphatic carbocycles. The van der Waals surface area contributed by atoms with Crippen molar-refractivity contribution in [3.05, 3.63) is 23.8 Å². The van der Waals surface area contributed by atoms with E-state index in [1.807, 2.05) is 62.3 Å². The zero-order chi connectivity index (χ0) is 37.6. The minimum absolute atomic E-state index is 0.0117. The number of allylic oxidation sites excluding steroid dienone is 2. The van der Waals surface area contributed by atoms with Gasteiger partial charge in [-0.3, -0.25) is 19.2 Å². The van der Waals surface area contributed by atoms with Gasteiger partial charge in [-0.15, -0.1) is 0 Å². The summed E-state index contributed by atoms with van der Waals surface area (Å²) < 4.78 is 0. The van der Waals surface area contributed by atoms with Crippen LogP contribution in [0, 0.1) is 52.2 Å². The Morgan fingerprint density at radius 1 is 0.854 bits per heavy atom. The molecule has 6 unspecified atom stereocenters. The molecule has 10 nitrogen and oxygen atoms in total. The topological polar surface area (TPSA) is 162 Å². The molecule has 0 aromatic rings. The molecule has 6 atom stereocenters. The number of carbonyl (C=O) groups excluding carboxylic acids is 6. The minimum Gasteiger partial charge on any atom is -0.327 e. The molecule has 0 aliphatic heterocycles. The van der Waals surface area contributed by atoms with Crippen LogP contribution >= 0.6 is 0 Å². The monoisotopic (exact) mass is 672 g/mol. The van der Waals surface area contributed by atoms with Crippen molar-refractivity contribution in [2.75, 3.05) is 7.05 Å². The molecular formula is C38H64N4O6. The van der Waals surface area contributed by atoms with Crippen LogP contribution < -0.4 is 16.0 Å². The van der Waals surface area contributed by atoms with Crippen molar-refractivity contribution in [1.29, 1.82) is 5.41 Å². The number of hydrogen-bond donors (Lipinski definition) is 4. The Morgan fingerprint density at radius 2 is 1.44 bits per heavy atom. The maximum atomic E-state index is 13.9. The van der Waals surface area contributed by atoms with E-state index in [4.69, 9.17) is 5.41 Å². The molecule has 2 amide bonds. The van der Waals surface area contributed by atoms with Gasteiger partial charge in [0.2, 0.25) is 11.8 Å². The van der Waals surface area contributed by atoms with Crippen molar-refractivity contribution in [1.82, 2.24) is 16.0 Å². The van der Waals surface area contributed by atoms with Crippen LogP contribution in [0.25, 0.3) is 0 Å². The fourth-order valence-corrected chi connectivity index (χ4v) is 6.73. The van der Waals surface area contributed by atoms with Crippen molar-refractivity contribution in [3.63, 3.8) is 0 Å². The zero-order valence-corrected chi connectivity index (χ0v) is 31.8. The number of aldehydes is 3. The normalized spacial score (nSPS) is 18.1. The highest BCUT2D eigenvalue weighted by Gasteiger charge is 2.42. The highest BCUT2D eigenvalue weighted by molar-refractivity contribution is 6.13. The lowest BCUT2D eigenvalue weighted by Crippen LogP contribution is -2.61. The number of likely N-dealkylation sites (N-methyl/N-ethyl adjacent to an activating group) is 1. The van der Waals surface area contributed by atoms with Gasteiger partial charge in [0, 0.05) is 24.1 Å². The number of carbonyl (C=O) groups is 6. The molecule has 0 saturated carbocycles. The second kappa shape index (κ2) is 19.7. The summed E-state index contributed by atoms with van der Waals surface area (Å²) >= 11 is 0. The van der Waals surface area contributed by atoms with Crippen LogP contribution in [0.5, 0.6) is 0 Å². The fourth-order valence-electron chi connectivity index (χ4n) is 6.73. The fraction of sp³-hybridized carbons (Fsp3) is 0.711. The highest BCUT2D eigenvalue weighted by atomic mass is 16.2. The average molecular weight is 673 g/mol. The summed E-state index contributed by atoms with van der Waals surface area (Å²) in [6, 6.07) is 0. The Hall–Kier alpha value is -3.27. The first kappa shape index (κ1) is 44.7. The molecule has 0 aromatic carbocycles. The van der Waals surface area contributed by atoms with Crippen molar-refractivity contribution in [2.24, 2.45) is 46.8 Å². The molecule has 0 saturated heterocycles. The maximum absolute atomic E-state index is 13.9. The third-order valence-corrected chi connectivity index (χ3v) is 9.25. The van der Waals surface area contributed by atoms with Crippen LogP contribution in [0.1, 0.15) is 109 Å². The van der Waals surface area contributed by atoms with Gasteiger partial charge in [0.25, 0.3) is 0 Å². The summed E-state index contributed by atoms with van der Waals surface area (Å²) in [5.41, 5.74) is -3.45. The molecule has 0 spiro atoms. The molecule has 0 aliphatic rings. The molecule has 0 bridgehead atoms. The number of rotatable bonds is 23. The SMILES string of the molecule is CC=CC(C=O)(CC(C)C)C(=N)C(C(=O)CC(C)C(CC(C)C)C(=O)NC(C)(C=O)NC(=O)C=C(CC)C(C=O)(NC)C(C)C)C(C)C. The Balaban J connectivity index is 6.38. The smallest absolute Gasteiger partial charge is 0.246 e. The molecule has 10 heteroatoms. The number of Topliss-reactive ketones (excluding diaryl/α,β-unsaturated/α-hetero) is 1. The Bertz CT molecular complexity index is 1210. The van der Waals surface area contributed by atoms with E-state index in [1.165, 1.54) is 13.0 Å². The van der Waals surface area contributed by atoms with Crippen molar-refractivity contribution in [2.45, 2.75) is 120 Å². The molecule has 0 radical (unpaired) electrons. The molecule has 48 heavy (non-hydrogen) atoms. The first-order valence-corrected chi connectivity index (χ1v) is 17.4. The van der Waals surface area contributed by atoms with Gasteiger partial charge in [-0.25, -0.2) is 0 Å². The van der Waals surface area contributed by atoms with E-state index in [0.717, 1.165) is 12.6 Å². The van der Waals surface area contributed by atoms with E-state index in [-0.39, 0.29) is 41.6 Å². The van der Waals surface area contributed by atoms with Crippen molar-refractivity contribution < 1.29 is 28.8 Å². The first-order chi connectivity index (χ1) is 22.2. The number of hydrogen-bond acceptors (Lipinski definition) is 8. The third kappa shape index (κ3) is 11.7. The van der Waals surface area contributed by atoms with Gasteiger partial charge in [-0.1, -0.05) is 81.4 Å². The van der Waals surface area contributed by atoms with Gasteiger partial charge in [0.1, 0.15) is 18.4 Å². The summed E-state index contributed by atoms with van der Waals surface area (Å²) in [6.07, 6.45) is 7.92. The van der Waals surface area contributed by atoms with E-state index in [2.05, 4.69) is 16.0 Å². The molecule has 0 aromatic heterocycles. The van der Waals surface area contributed by atoms with Crippen LogP contribution in [0.2, 0.25) is 0 Å². The van der Waals surface area contributed by atoms with Gasteiger partial charge in [-0.2, -0.15) is 0 Å². The van der Waals surface area contributed by atoms with E-state index in [0.29, 0.717) is 31.1 Å². The van der Waals surface area contributed by atoms with E-state index in [9.17, 15) is 28.8 Å². The number of ketones is 1. The Morgan fingerprint density at radius 3 is 1.81 bits per heavy atom. The third-order valence-electron chi connectivity index (χ3n) is 9.25. The Kier molecular flexibility index (Phi) is 18.3. The van der Waals surface area contributed by atoms with Crippen LogP contribution in [0.3, 0.4) is 0 Å². The van der Waals surface area contributed by atoms with Gasteiger partial charge < -0.3 is 30.9 Å². The highest BCUT2D eigenvalue weighted by Crippen LogP contribution is 2.35. The number of amides is 2. The van der Waals surface area contributed by atoms with E-state index < -0.39 is 46.2 Å². The zero-order valence-electron chi connectivity index (χ0n) is 31.8.